The van der Waals surface area contributed by atoms with Crippen molar-refractivity contribution in [3.05, 3.63) is 30.6 Å². The van der Waals surface area contributed by atoms with Crippen LogP contribution < -0.4 is 5.32 Å². The van der Waals surface area contributed by atoms with Gasteiger partial charge < -0.3 is 10.1 Å². The average Bonchev–Trinajstić information content (AvgIpc) is 2.46. The van der Waals surface area contributed by atoms with Crippen molar-refractivity contribution < 1.29 is 4.74 Å². The minimum absolute atomic E-state index is 0.160. The highest BCUT2D eigenvalue weighted by Crippen LogP contribution is 2.44. The molecule has 2 aromatic rings. The van der Waals surface area contributed by atoms with Crippen LogP contribution in [0.3, 0.4) is 0 Å². The molecule has 0 aliphatic heterocycles. The molecule has 1 N–H and O–H groups in total. The highest BCUT2D eigenvalue weighted by molar-refractivity contribution is 5.78. The number of nitrogens with one attached hydrogen (secondary N) is 1. The van der Waals surface area contributed by atoms with Crippen molar-refractivity contribution in [1.29, 1.82) is 0 Å². The van der Waals surface area contributed by atoms with Gasteiger partial charge in [0.05, 0.1) is 17.1 Å². The Kier molecular flexibility index (Phi) is 3.34. The summed E-state index contributed by atoms with van der Waals surface area (Å²) < 4.78 is 5.77. The summed E-state index contributed by atoms with van der Waals surface area (Å²) in [6, 6.07) is 6.58. The van der Waals surface area contributed by atoms with Gasteiger partial charge in [0.2, 0.25) is 0 Å². The van der Waals surface area contributed by atoms with Gasteiger partial charge in [-0.3, -0.25) is 9.97 Å². The maximum atomic E-state index is 5.77. The first-order valence-electron chi connectivity index (χ1n) is 7.20. The zero-order valence-corrected chi connectivity index (χ0v) is 12.3. The predicted molar refractivity (Wildman–Crippen MR) is 80.8 cm³/mol. The summed E-state index contributed by atoms with van der Waals surface area (Å²) in [6.07, 6.45) is 4.85. The third kappa shape index (κ3) is 2.24. The van der Waals surface area contributed by atoms with Gasteiger partial charge in [0.25, 0.3) is 0 Å². The quantitative estimate of drug-likeness (QED) is 0.927. The lowest BCUT2D eigenvalue weighted by Gasteiger charge is -2.52. The zero-order chi connectivity index (χ0) is 14.2. The van der Waals surface area contributed by atoms with Crippen LogP contribution in [0.25, 0.3) is 11.0 Å². The summed E-state index contributed by atoms with van der Waals surface area (Å²) in [4.78, 5) is 8.64. The Morgan fingerprint density at radius 1 is 1.25 bits per heavy atom. The van der Waals surface area contributed by atoms with E-state index in [4.69, 9.17) is 4.74 Å². The molecule has 20 heavy (non-hydrogen) atoms. The summed E-state index contributed by atoms with van der Waals surface area (Å²) >= 11 is 0. The van der Waals surface area contributed by atoms with E-state index in [1.807, 2.05) is 6.07 Å². The highest BCUT2D eigenvalue weighted by atomic mass is 16.5. The van der Waals surface area contributed by atoms with Crippen LogP contribution >= 0.6 is 0 Å². The van der Waals surface area contributed by atoms with Gasteiger partial charge >= 0.3 is 0 Å². The van der Waals surface area contributed by atoms with Crippen LogP contribution in [0.5, 0.6) is 0 Å². The second-order valence-corrected chi connectivity index (χ2v) is 5.96. The van der Waals surface area contributed by atoms with Gasteiger partial charge in [-0.1, -0.05) is 13.8 Å². The van der Waals surface area contributed by atoms with E-state index in [1.165, 1.54) is 0 Å². The first-order valence-corrected chi connectivity index (χ1v) is 7.20. The largest absolute Gasteiger partial charge is 0.382 e. The van der Waals surface area contributed by atoms with E-state index in [9.17, 15) is 0 Å². The van der Waals surface area contributed by atoms with E-state index in [0.29, 0.717) is 12.1 Å². The Morgan fingerprint density at radius 3 is 2.70 bits per heavy atom. The Balaban J connectivity index is 1.74. The summed E-state index contributed by atoms with van der Waals surface area (Å²) in [6.45, 7) is 7.36. The monoisotopic (exact) mass is 271 g/mol. The van der Waals surface area contributed by atoms with E-state index < -0.39 is 0 Å². The molecule has 1 saturated carbocycles. The van der Waals surface area contributed by atoms with Gasteiger partial charge in [0.15, 0.2) is 0 Å². The van der Waals surface area contributed by atoms with Gasteiger partial charge in [-0.2, -0.15) is 0 Å². The van der Waals surface area contributed by atoms with Crippen LogP contribution in [0, 0.1) is 5.41 Å². The van der Waals surface area contributed by atoms with Crippen LogP contribution in [-0.4, -0.2) is 28.7 Å². The maximum absolute atomic E-state index is 5.77. The SMILES string of the molecule is CCOC1CC(Nc2ccc3nccnc3c2)C1(C)C. The topological polar surface area (TPSA) is 47.0 Å². The second kappa shape index (κ2) is 5.02. The van der Waals surface area contributed by atoms with Crippen molar-refractivity contribution in [3.8, 4) is 0 Å². The lowest BCUT2D eigenvalue weighted by Crippen LogP contribution is -2.58. The third-order valence-corrected chi connectivity index (χ3v) is 4.36. The highest BCUT2D eigenvalue weighted by Gasteiger charge is 2.48. The number of rotatable bonds is 4. The molecule has 2 atom stereocenters. The molecule has 1 aliphatic rings. The number of ether oxygens (including phenoxy) is 1. The van der Waals surface area contributed by atoms with E-state index in [0.717, 1.165) is 29.7 Å². The average molecular weight is 271 g/mol. The number of benzene rings is 1. The molecule has 4 heteroatoms. The zero-order valence-electron chi connectivity index (χ0n) is 12.3. The molecule has 1 aliphatic carbocycles. The fourth-order valence-corrected chi connectivity index (χ4v) is 2.87. The molecule has 1 aromatic heterocycles. The molecule has 1 heterocycles. The summed E-state index contributed by atoms with van der Waals surface area (Å²) in [7, 11) is 0. The minimum Gasteiger partial charge on any atom is -0.382 e. The van der Waals surface area contributed by atoms with Crippen LogP contribution in [-0.2, 0) is 4.74 Å². The van der Waals surface area contributed by atoms with E-state index in [-0.39, 0.29) is 5.41 Å². The first kappa shape index (κ1) is 13.3. The first-order chi connectivity index (χ1) is 9.61. The van der Waals surface area contributed by atoms with Crippen molar-refractivity contribution in [2.24, 2.45) is 5.41 Å². The molecular formula is C16H21N3O. The van der Waals surface area contributed by atoms with Crippen molar-refractivity contribution >= 4 is 16.7 Å². The molecule has 0 spiro atoms. The number of hydrogen-bond acceptors (Lipinski definition) is 4. The van der Waals surface area contributed by atoms with Gasteiger partial charge in [-0.25, -0.2) is 0 Å². The molecule has 1 aromatic carbocycles. The van der Waals surface area contributed by atoms with Crippen molar-refractivity contribution in [1.82, 2.24) is 9.97 Å². The lowest BCUT2D eigenvalue weighted by atomic mass is 9.64. The summed E-state index contributed by atoms with van der Waals surface area (Å²) in [5.41, 5.74) is 3.12. The molecule has 0 amide bonds. The number of aromatic nitrogens is 2. The van der Waals surface area contributed by atoms with Crippen LogP contribution in [0.4, 0.5) is 5.69 Å². The van der Waals surface area contributed by atoms with Gasteiger partial charge in [0.1, 0.15) is 0 Å². The van der Waals surface area contributed by atoms with Crippen LogP contribution in [0.2, 0.25) is 0 Å². The molecule has 1 fully saturated rings. The molecule has 2 unspecified atom stereocenters. The Hall–Kier alpha value is -1.68. The number of fused-ring (bicyclic) bond motifs is 1. The summed E-state index contributed by atoms with van der Waals surface area (Å²) in [5.74, 6) is 0. The lowest BCUT2D eigenvalue weighted by molar-refractivity contribution is -0.0975. The number of anilines is 1. The molecule has 106 valence electrons. The third-order valence-electron chi connectivity index (χ3n) is 4.36. The van der Waals surface area contributed by atoms with Crippen LogP contribution in [0.15, 0.2) is 30.6 Å². The predicted octanol–water partition coefficient (Wildman–Crippen LogP) is 3.25. The molecule has 0 bridgehead atoms. The maximum Gasteiger partial charge on any atom is 0.0907 e. The van der Waals surface area contributed by atoms with Crippen LogP contribution in [0.1, 0.15) is 27.2 Å². The molecule has 3 rings (SSSR count). The van der Waals surface area contributed by atoms with E-state index in [2.05, 4.69) is 48.2 Å². The Labute approximate surface area is 119 Å². The smallest absolute Gasteiger partial charge is 0.0907 e. The number of nitrogens with zero attached hydrogens (tertiary/aromatic N) is 2. The molecule has 0 radical (unpaired) electrons. The Bertz CT molecular complexity index is 611. The van der Waals surface area contributed by atoms with Crippen molar-refractivity contribution in [3.63, 3.8) is 0 Å². The molecular weight excluding hydrogens is 250 g/mol. The fraction of sp³-hybridized carbons (Fsp3) is 0.500. The van der Waals surface area contributed by atoms with Gasteiger partial charge in [-0.05, 0) is 31.5 Å². The van der Waals surface area contributed by atoms with Crippen molar-refractivity contribution in [2.75, 3.05) is 11.9 Å². The molecule has 0 saturated heterocycles. The summed E-state index contributed by atoms with van der Waals surface area (Å²) in [5, 5.41) is 3.60. The second-order valence-electron chi connectivity index (χ2n) is 5.96. The number of hydrogen-bond donors (Lipinski definition) is 1. The fourth-order valence-electron chi connectivity index (χ4n) is 2.87. The van der Waals surface area contributed by atoms with E-state index >= 15 is 0 Å². The standard InChI is InChI=1S/C16H21N3O/c1-4-20-15-10-14(16(15,2)3)19-11-5-6-12-13(9-11)18-8-7-17-12/h5-9,14-15,19H,4,10H2,1-3H3. The van der Waals surface area contributed by atoms with Gasteiger partial charge in [-0.15, -0.1) is 0 Å². The minimum atomic E-state index is 0.160. The normalized spacial score (nSPS) is 24.4. The van der Waals surface area contributed by atoms with Crippen molar-refractivity contribution in [2.45, 2.75) is 39.3 Å². The molecule has 4 nitrogen and oxygen atoms in total. The Morgan fingerprint density at radius 2 is 2.00 bits per heavy atom. The van der Waals surface area contributed by atoms with E-state index in [1.54, 1.807) is 12.4 Å². The van der Waals surface area contributed by atoms with Gasteiger partial charge in [0, 0.05) is 36.1 Å².